The highest BCUT2D eigenvalue weighted by molar-refractivity contribution is 7.23. The molecule has 2 N–H and O–H groups in total. The fourth-order valence-corrected chi connectivity index (χ4v) is 8.98. The number of ether oxygens (including phenoxy) is 2. The minimum absolute atomic E-state index is 0.000590. The molecule has 1 saturated carbocycles. The van der Waals surface area contributed by atoms with Crippen LogP contribution >= 0.6 is 22.9 Å². The van der Waals surface area contributed by atoms with Gasteiger partial charge in [-0.1, -0.05) is 17.7 Å². The molecule has 4 aliphatic rings. The first-order chi connectivity index (χ1) is 22.6. The van der Waals surface area contributed by atoms with Crippen LogP contribution in [0, 0.1) is 28.9 Å². The van der Waals surface area contributed by atoms with Crippen molar-refractivity contribution in [2.75, 3.05) is 43.5 Å². The highest BCUT2D eigenvalue weighted by Crippen LogP contribution is 2.52. The Morgan fingerprint density at radius 3 is 2.79 bits per heavy atom. The van der Waals surface area contributed by atoms with Crippen LogP contribution in [0.1, 0.15) is 37.7 Å². The van der Waals surface area contributed by atoms with Crippen molar-refractivity contribution in [1.82, 2.24) is 14.9 Å². The predicted molar refractivity (Wildman–Crippen MR) is 168 cm³/mol. The van der Waals surface area contributed by atoms with Gasteiger partial charge >= 0.3 is 6.01 Å². The largest absolute Gasteiger partial charge is 0.489 e. The lowest BCUT2D eigenvalue weighted by Gasteiger charge is -2.32. The summed E-state index contributed by atoms with van der Waals surface area (Å²) in [6.07, 6.45) is -0.339. The molecule has 3 fully saturated rings. The summed E-state index contributed by atoms with van der Waals surface area (Å²) in [6.45, 7) is 0.311. The average molecular weight is 691 g/mol. The van der Waals surface area contributed by atoms with Crippen molar-refractivity contribution >= 4 is 54.7 Å². The fraction of sp³-hybridized carbons (Fsp3) is 0.469. The molecular weight excluding hydrogens is 663 g/mol. The van der Waals surface area contributed by atoms with E-state index < -0.39 is 42.4 Å². The molecular formula is C32H28ClF5N6O2S. The molecule has 2 aromatic carbocycles. The SMILES string of the molecule is N#Cc1c(N)sc2c(F)ccc(-c3c(Cl)c4c5c(nc(OC[C@@]67CCCN6C[C@H](F)C7)nc5c3F)N(CC(F)F)[C@@H](C3CC3)CO4)c12. The summed E-state index contributed by atoms with van der Waals surface area (Å²) in [4.78, 5) is 12.5. The van der Waals surface area contributed by atoms with E-state index in [-0.39, 0.29) is 90.8 Å². The van der Waals surface area contributed by atoms with E-state index in [1.807, 2.05) is 11.0 Å². The summed E-state index contributed by atoms with van der Waals surface area (Å²) in [5.41, 5.74) is 5.02. The number of rotatable bonds is 7. The standard InChI is InChI=1S/C32H28ClF5N6O2S/c33-24-22(16-4-5-18(35)28-21(16)17(9-39)29(40)47-28)25(38)26-23-27(24)45-12-19(14-2-3-14)44(11-20(36)37)30(23)42-31(41-26)46-13-32-6-1-7-43(32)10-15(34)8-32/h4-5,14-15,19-20H,1-3,6-8,10-13,40H2/t15-,19-,32+/m1/s1. The Kier molecular flexibility index (Phi) is 7.31. The van der Waals surface area contributed by atoms with Gasteiger partial charge in [0.1, 0.15) is 47.6 Å². The summed E-state index contributed by atoms with van der Waals surface area (Å²) in [7, 11) is 0. The zero-order valence-electron chi connectivity index (χ0n) is 24.8. The van der Waals surface area contributed by atoms with Gasteiger partial charge in [0, 0.05) is 23.9 Å². The summed E-state index contributed by atoms with van der Waals surface area (Å²) in [5.74, 6) is -1.58. The third-order valence-corrected chi connectivity index (χ3v) is 11.3. The Labute approximate surface area is 274 Å². The monoisotopic (exact) mass is 690 g/mol. The number of benzene rings is 2. The van der Waals surface area contributed by atoms with Crippen LogP contribution in [0.3, 0.4) is 0 Å². The van der Waals surface area contributed by atoms with Crippen LogP contribution in [-0.2, 0) is 0 Å². The van der Waals surface area contributed by atoms with Crippen molar-refractivity contribution in [2.45, 2.75) is 56.3 Å². The first kappa shape index (κ1) is 30.7. The van der Waals surface area contributed by atoms with Gasteiger partial charge in [-0.05, 0) is 49.8 Å². The molecule has 15 heteroatoms. The Morgan fingerprint density at radius 2 is 2.04 bits per heavy atom. The minimum Gasteiger partial charge on any atom is -0.489 e. The molecule has 0 unspecified atom stereocenters. The molecule has 3 atom stereocenters. The van der Waals surface area contributed by atoms with Gasteiger partial charge in [-0.25, -0.2) is 22.0 Å². The van der Waals surface area contributed by atoms with E-state index >= 15 is 4.39 Å². The highest BCUT2D eigenvalue weighted by Gasteiger charge is 2.49. The number of nitrogens with zero attached hydrogens (tertiary/aromatic N) is 5. The lowest BCUT2D eigenvalue weighted by atomic mass is 9.95. The van der Waals surface area contributed by atoms with Crippen molar-refractivity contribution < 1.29 is 31.4 Å². The van der Waals surface area contributed by atoms with Gasteiger partial charge in [0.05, 0.1) is 38.8 Å². The second kappa shape index (κ2) is 11.2. The van der Waals surface area contributed by atoms with E-state index in [1.54, 1.807) is 0 Å². The summed E-state index contributed by atoms with van der Waals surface area (Å²) in [6, 6.07) is 3.64. The zero-order chi connectivity index (χ0) is 32.8. The van der Waals surface area contributed by atoms with E-state index in [1.165, 1.54) is 11.0 Å². The second-order valence-electron chi connectivity index (χ2n) is 12.8. The van der Waals surface area contributed by atoms with Crippen molar-refractivity contribution in [3.63, 3.8) is 0 Å². The average Bonchev–Trinajstić information content (AvgIpc) is 3.64. The molecule has 3 aliphatic heterocycles. The number of nitrogen functional groups attached to an aromatic ring is 1. The van der Waals surface area contributed by atoms with E-state index in [0.29, 0.717) is 13.0 Å². The molecule has 246 valence electrons. The summed E-state index contributed by atoms with van der Waals surface area (Å²) >= 11 is 7.80. The number of fused-ring (bicyclic) bond motifs is 2. The maximum absolute atomic E-state index is 17.1. The molecule has 1 aliphatic carbocycles. The Bertz CT molecular complexity index is 1990. The predicted octanol–water partition coefficient (Wildman–Crippen LogP) is 7.09. The number of halogens is 6. The lowest BCUT2D eigenvalue weighted by Crippen LogP contribution is -2.44. The van der Waals surface area contributed by atoms with Gasteiger partial charge in [-0.3, -0.25) is 4.90 Å². The quantitative estimate of drug-likeness (QED) is 0.205. The molecule has 0 bridgehead atoms. The smallest absolute Gasteiger partial charge is 0.319 e. The van der Waals surface area contributed by atoms with E-state index in [9.17, 15) is 22.8 Å². The van der Waals surface area contributed by atoms with Crippen LogP contribution in [-0.4, -0.2) is 71.9 Å². The number of anilines is 2. The highest BCUT2D eigenvalue weighted by atomic mass is 35.5. The molecule has 2 aromatic heterocycles. The van der Waals surface area contributed by atoms with E-state index in [4.69, 9.17) is 26.8 Å². The van der Waals surface area contributed by atoms with Crippen LogP contribution in [0.4, 0.5) is 32.8 Å². The fourth-order valence-electron chi connectivity index (χ4n) is 7.69. The molecule has 0 radical (unpaired) electrons. The van der Waals surface area contributed by atoms with Gasteiger partial charge in [0.15, 0.2) is 11.6 Å². The van der Waals surface area contributed by atoms with Gasteiger partial charge in [0.25, 0.3) is 6.43 Å². The van der Waals surface area contributed by atoms with Crippen LogP contribution in [0.2, 0.25) is 5.02 Å². The molecule has 8 nitrogen and oxygen atoms in total. The van der Waals surface area contributed by atoms with Gasteiger partial charge in [-0.15, -0.1) is 11.3 Å². The maximum Gasteiger partial charge on any atom is 0.319 e. The van der Waals surface area contributed by atoms with Crippen LogP contribution in [0.5, 0.6) is 11.8 Å². The topological polar surface area (TPSA) is 101 Å². The molecule has 47 heavy (non-hydrogen) atoms. The molecule has 0 amide bonds. The molecule has 4 aromatic rings. The maximum atomic E-state index is 17.1. The first-order valence-electron chi connectivity index (χ1n) is 15.4. The Hall–Kier alpha value is -3.67. The third kappa shape index (κ3) is 4.84. The van der Waals surface area contributed by atoms with Gasteiger partial charge in [0.2, 0.25) is 0 Å². The molecule has 2 saturated heterocycles. The normalized spacial score (nSPS) is 24.2. The van der Waals surface area contributed by atoms with Crippen molar-refractivity contribution in [1.29, 1.82) is 5.26 Å². The van der Waals surface area contributed by atoms with Crippen molar-refractivity contribution in [2.24, 2.45) is 5.92 Å². The van der Waals surface area contributed by atoms with Crippen LogP contribution in [0.25, 0.3) is 32.1 Å². The summed E-state index contributed by atoms with van der Waals surface area (Å²) in [5, 5.41) is 9.82. The van der Waals surface area contributed by atoms with E-state index in [2.05, 4.69) is 9.97 Å². The summed E-state index contributed by atoms with van der Waals surface area (Å²) < 4.78 is 87.2. The molecule has 5 heterocycles. The van der Waals surface area contributed by atoms with Crippen molar-refractivity contribution in [3.05, 3.63) is 34.4 Å². The number of hydrogen-bond donors (Lipinski definition) is 1. The molecule has 8 rings (SSSR count). The zero-order valence-corrected chi connectivity index (χ0v) is 26.4. The number of aromatic nitrogens is 2. The first-order valence-corrected chi connectivity index (χ1v) is 16.6. The number of nitrogens with two attached hydrogens (primary N) is 1. The second-order valence-corrected chi connectivity index (χ2v) is 14.2. The minimum atomic E-state index is -2.75. The van der Waals surface area contributed by atoms with Gasteiger partial charge < -0.3 is 20.1 Å². The Morgan fingerprint density at radius 1 is 1.23 bits per heavy atom. The van der Waals surface area contributed by atoms with Crippen LogP contribution in [0.15, 0.2) is 12.1 Å². The van der Waals surface area contributed by atoms with E-state index in [0.717, 1.165) is 43.2 Å². The number of hydrogen-bond acceptors (Lipinski definition) is 9. The van der Waals surface area contributed by atoms with Crippen LogP contribution < -0.4 is 20.1 Å². The molecule has 0 spiro atoms. The number of thiophene rings is 1. The lowest BCUT2D eigenvalue weighted by molar-refractivity contribution is 0.107. The third-order valence-electron chi connectivity index (χ3n) is 9.94. The van der Waals surface area contributed by atoms with Crippen molar-refractivity contribution in [3.8, 4) is 29.0 Å². The Balaban J connectivity index is 1.36. The van der Waals surface area contributed by atoms with Gasteiger partial charge in [-0.2, -0.15) is 15.2 Å². The number of alkyl halides is 3. The number of nitriles is 1.